The van der Waals surface area contributed by atoms with Crippen LogP contribution < -0.4 is 5.32 Å². The molecule has 8 heteroatoms. The maximum absolute atomic E-state index is 13.3. The van der Waals surface area contributed by atoms with Crippen molar-refractivity contribution >= 4 is 29.1 Å². The van der Waals surface area contributed by atoms with Gasteiger partial charge in [0.2, 0.25) is 11.8 Å². The lowest BCUT2D eigenvalue weighted by Crippen LogP contribution is -2.53. The fraction of sp³-hybridized carbons (Fsp3) is 0.682. The quantitative estimate of drug-likeness (QED) is 0.742. The molecule has 0 spiro atoms. The maximum atomic E-state index is 13.3. The van der Waals surface area contributed by atoms with E-state index >= 15 is 0 Å². The number of nitrogens with one attached hydrogen (secondary N) is 1. The SMILES string of the molecule is CC(C)CN(C(=O)c1cccs1)C1CC(C(=O)N2CCNCC2)N(C(=O)C2CC2)C1. The molecule has 3 fully saturated rings. The molecule has 3 amide bonds. The number of hydrogen-bond donors (Lipinski definition) is 1. The third-order valence-corrected chi connectivity index (χ3v) is 7.06. The second-order valence-corrected chi connectivity index (χ2v) is 10.0. The molecule has 1 aromatic rings. The van der Waals surface area contributed by atoms with Crippen LogP contribution in [0, 0.1) is 11.8 Å². The Kier molecular flexibility index (Phi) is 6.43. The number of carbonyl (C=O) groups excluding carboxylic acids is 3. The minimum absolute atomic E-state index is 0.0118. The Bertz CT molecular complexity index is 771. The van der Waals surface area contributed by atoms with Crippen LogP contribution in [0.2, 0.25) is 0 Å². The molecule has 7 nitrogen and oxygen atoms in total. The second kappa shape index (κ2) is 9.06. The first-order valence-electron chi connectivity index (χ1n) is 11.1. The van der Waals surface area contributed by atoms with E-state index < -0.39 is 6.04 Å². The van der Waals surface area contributed by atoms with Crippen LogP contribution in [-0.4, -0.2) is 83.8 Å². The molecule has 0 radical (unpaired) electrons. The highest BCUT2D eigenvalue weighted by molar-refractivity contribution is 7.12. The fourth-order valence-corrected chi connectivity index (χ4v) is 5.19. The van der Waals surface area contributed by atoms with Crippen molar-refractivity contribution in [2.45, 2.75) is 45.2 Å². The average molecular weight is 433 g/mol. The molecule has 3 aliphatic rings. The molecule has 1 saturated carbocycles. The van der Waals surface area contributed by atoms with Gasteiger partial charge in [0.05, 0.1) is 10.9 Å². The van der Waals surface area contributed by atoms with Gasteiger partial charge in [0.15, 0.2) is 0 Å². The van der Waals surface area contributed by atoms with E-state index in [0.717, 1.165) is 25.9 Å². The minimum atomic E-state index is -0.452. The summed E-state index contributed by atoms with van der Waals surface area (Å²) in [6.45, 7) is 8.21. The summed E-state index contributed by atoms with van der Waals surface area (Å²) in [7, 11) is 0. The molecule has 30 heavy (non-hydrogen) atoms. The predicted molar refractivity (Wildman–Crippen MR) is 116 cm³/mol. The Balaban J connectivity index is 1.56. The van der Waals surface area contributed by atoms with Crippen LogP contribution in [0.25, 0.3) is 0 Å². The Hall–Kier alpha value is -1.93. The van der Waals surface area contributed by atoms with Crippen molar-refractivity contribution in [2.24, 2.45) is 11.8 Å². The van der Waals surface area contributed by atoms with Gasteiger partial charge in [0, 0.05) is 45.2 Å². The van der Waals surface area contributed by atoms with Crippen molar-refractivity contribution < 1.29 is 14.4 Å². The summed E-state index contributed by atoms with van der Waals surface area (Å²) in [4.78, 5) is 45.9. The predicted octanol–water partition coefficient (Wildman–Crippen LogP) is 1.66. The molecule has 1 aromatic heterocycles. The first-order chi connectivity index (χ1) is 14.5. The van der Waals surface area contributed by atoms with Gasteiger partial charge in [-0.15, -0.1) is 11.3 Å². The summed E-state index contributed by atoms with van der Waals surface area (Å²) in [5.41, 5.74) is 0. The zero-order valence-electron chi connectivity index (χ0n) is 17.9. The van der Waals surface area contributed by atoms with E-state index in [9.17, 15) is 14.4 Å². The van der Waals surface area contributed by atoms with Crippen LogP contribution in [0.5, 0.6) is 0 Å². The van der Waals surface area contributed by atoms with E-state index in [1.54, 1.807) is 4.90 Å². The lowest BCUT2D eigenvalue weighted by molar-refractivity contribution is -0.144. The number of carbonyl (C=O) groups is 3. The van der Waals surface area contributed by atoms with Gasteiger partial charge in [-0.05, 0) is 36.6 Å². The van der Waals surface area contributed by atoms with Gasteiger partial charge in [-0.2, -0.15) is 0 Å². The van der Waals surface area contributed by atoms with E-state index in [2.05, 4.69) is 19.2 Å². The summed E-state index contributed by atoms with van der Waals surface area (Å²) in [6, 6.07) is 3.17. The van der Waals surface area contributed by atoms with Crippen LogP contribution in [0.4, 0.5) is 0 Å². The van der Waals surface area contributed by atoms with Crippen molar-refractivity contribution in [3.05, 3.63) is 22.4 Å². The summed E-state index contributed by atoms with van der Waals surface area (Å²) in [6.07, 6.45) is 2.36. The van der Waals surface area contributed by atoms with Gasteiger partial charge in [-0.3, -0.25) is 14.4 Å². The monoisotopic (exact) mass is 432 g/mol. The Labute approximate surface area is 182 Å². The van der Waals surface area contributed by atoms with Gasteiger partial charge in [-0.25, -0.2) is 0 Å². The third kappa shape index (κ3) is 4.54. The van der Waals surface area contributed by atoms with Gasteiger partial charge in [0.25, 0.3) is 5.91 Å². The molecule has 1 N–H and O–H groups in total. The Morgan fingerprint density at radius 2 is 1.93 bits per heavy atom. The second-order valence-electron chi connectivity index (χ2n) is 9.07. The van der Waals surface area contributed by atoms with E-state index in [0.29, 0.717) is 43.4 Å². The topological polar surface area (TPSA) is 73.0 Å². The molecule has 2 aliphatic heterocycles. The molecular weight excluding hydrogens is 400 g/mol. The third-order valence-electron chi connectivity index (χ3n) is 6.20. The number of rotatable bonds is 6. The first kappa shape index (κ1) is 21.3. The molecule has 2 saturated heterocycles. The van der Waals surface area contributed by atoms with Crippen molar-refractivity contribution in [2.75, 3.05) is 39.3 Å². The van der Waals surface area contributed by atoms with Crippen molar-refractivity contribution in [3.8, 4) is 0 Å². The number of piperazine rings is 1. The summed E-state index contributed by atoms with van der Waals surface area (Å²) < 4.78 is 0. The zero-order valence-corrected chi connectivity index (χ0v) is 18.7. The summed E-state index contributed by atoms with van der Waals surface area (Å²) in [5.74, 6) is 0.524. The number of amides is 3. The number of nitrogens with zero attached hydrogens (tertiary/aromatic N) is 3. The highest BCUT2D eigenvalue weighted by Gasteiger charge is 2.47. The van der Waals surface area contributed by atoms with Gasteiger partial charge < -0.3 is 20.0 Å². The smallest absolute Gasteiger partial charge is 0.264 e. The summed E-state index contributed by atoms with van der Waals surface area (Å²) >= 11 is 1.44. The molecule has 1 aliphatic carbocycles. The van der Waals surface area contributed by atoms with Crippen molar-refractivity contribution in [1.29, 1.82) is 0 Å². The minimum Gasteiger partial charge on any atom is -0.338 e. The molecule has 2 unspecified atom stereocenters. The lowest BCUT2D eigenvalue weighted by Gasteiger charge is -2.32. The molecule has 0 aromatic carbocycles. The van der Waals surface area contributed by atoms with E-state index in [1.807, 2.05) is 27.3 Å². The van der Waals surface area contributed by atoms with E-state index in [4.69, 9.17) is 0 Å². The lowest BCUT2D eigenvalue weighted by atomic mass is 10.1. The standard InChI is InChI=1S/C22H32N4O3S/c1-15(2)13-25(22(29)19-4-3-11-30-19)17-12-18(21(28)24-9-7-23-8-10-24)26(14-17)20(27)16-5-6-16/h3-4,11,15-18,23H,5-10,12-14H2,1-2H3. The Morgan fingerprint density at radius 1 is 1.20 bits per heavy atom. The first-order valence-corrected chi connectivity index (χ1v) is 12.0. The Morgan fingerprint density at radius 3 is 2.53 bits per heavy atom. The normalized spacial score (nSPS) is 24.4. The van der Waals surface area contributed by atoms with Crippen LogP contribution in [-0.2, 0) is 9.59 Å². The van der Waals surface area contributed by atoms with Gasteiger partial charge >= 0.3 is 0 Å². The largest absolute Gasteiger partial charge is 0.338 e. The molecule has 3 heterocycles. The zero-order chi connectivity index (χ0) is 21.3. The highest BCUT2D eigenvalue weighted by Crippen LogP contribution is 2.35. The maximum Gasteiger partial charge on any atom is 0.264 e. The highest BCUT2D eigenvalue weighted by atomic mass is 32.1. The van der Waals surface area contributed by atoms with Gasteiger partial charge in [0.1, 0.15) is 6.04 Å². The van der Waals surface area contributed by atoms with Crippen LogP contribution in [0.3, 0.4) is 0 Å². The van der Waals surface area contributed by atoms with Crippen LogP contribution >= 0.6 is 11.3 Å². The summed E-state index contributed by atoms with van der Waals surface area (Å²) in [5, 5.41) is 5.19. The molecule has 164 valence electrons. The van der Waals surface area contributed by atoms with Crippen molar-refractivity contribution in [3.63, 3.8) is 0 Å². The van der Waals surface area contributed by atoms with Crippen LogP contribution in [0.1, 0.15) is 42.8 Å². The molecule has 0 bridgehead atoms. The average Bonchev–Trinajstić information content (AvgIpc) is 3.27. The molecular formula is C22H32N4O3S. The van der Waals surface area contributed by atoms with Crippen molar-refractivity contribution in [1.82, 2.24) is 20.0 Å². The number of thiophene rings is 1. The van der Waals surface area contributed by atoms with E-state index in [-0.39, 0.29) is 29.7 Å². The van der Waals surface area contributed by atoms with E-state index in [1.165, 1.54) is 11.3 Å². The molecule has 4 rings (SSSR count). The fourth-order valence-electron chi connectivity index (χ4n) is 4.51. The van der Waals surface area contributed by atoms with Crippen LogP contribution in [0.15, 0.2) is 17.5 Å². The molecule has 2 atom stereocenters. The van der Waals surface area contributed by atoms with Gasteiger partial charge in [-0.1, -0.05) is 19.9 Å². The number of likely N-dealkylation sites (tertiary alicyclic amines) is 1. The number of hydrogen-bond acceptors (Lipinski definition) is 5.